The maximum Gasteiger partial charge on any atom is 0.321 e. The van der Waals surface area contributed by atoms with E-state index in [0.717, 1.165) is 12.1 Å². The van der Waals surface area contributed by atoms with Gasteiger partial charge in [-0.3, -0.25) is 4.79 Å². The molecule has 2 aromatic rings. The molecule has 0 saturated carbocycles. The maximum atomic E-state index is 13.2. The molecule has 1 fully saturated rings. The lowest BCUT2D eigenvalue weighted by Gasteiger charge is -2.26. The van der Waals surface area contributed by atoms with Crippen molar-refractivity contribution in [3.63, 3.8) is 0 Å². The lowest BCUT2D eigenvalue weighted by atomic mass is 10.2. The molecule has 1 saturated heterocycles. The van der Waals surface area contributed by atoms with Gasteiger partial charge in [0.2, 0.25) is 5.95 Å². The Balaban J connectivity index is 1.72. The van der Waals surface area contributed by atoms with E-state index in [4.69, 9.17) is 9.47 Å². The molecular formula is C16H17F2N5O3. The first kappa shape index (κ1) is 17.9. The number of hydrogen-bond donors (Lipinski definition) is 1. The number of aromatic nitrogens is 3. The Kier molecular flexibility index (Phi) is 5.52. The van der Waals surface area contributed by atoms with Crippen LogP contribution < -0.4 is 15.0 Å². The van der Waals surface area contributed by atoms with Gasteiger partial charge in [0.1, 0.15) is 0 Å². The summed E-state index contributed by atoms with van der Waals surface area (Å²) in [5.74, 6) is -1.96. The second-order valence-electron chi connectivity index (χ2n) is 5.45. The summed E-state index contributed by atoms with van der Waals surface area (Å²) in [7, 11) is 1.43. The molecule has 26 heavy (non-hydrogen) atoms. The summed E-state index contributed by atoms with van der Waals surface area (Å²) in [5.41, 5.74) is -0.00155. The summed E-state index contributed by atoms with van der Waals surface area (Å²) in [4.78, 5) is 26.6. The summed E-state index contributed by atoms with van der Waals surface area (Å²) in [5, 5.41) is 2.56. The average Bonchev–Trinajstić information content (AvgIpc) is 2.68. The number of morpholine rings is 1. The third-order valence-electron chi connectivity index (χ3n) is 3.71. The molecule has 3 rings (SSSR count). The fraction of sp³-hybridized carbons (Fsp3) is 0.375. The predicted molar refractivity (Wildman–Crippen MR) is 86.9 cm³/mol. The van der Waals surface area contributed by atoms with Gasteiger partial charge >= 0.3 is 6.01 Å². The zero-order chi connectivity index (χ0) is 18.5. The summed E-state index contributed by atoms with van der Waals surface area (Å²) < 4.78 is 36.6. The van der Waals surface area contributed by atoms with Crippen molar-refractivity contribution in [1.29, 1.82) is 0 Å². The quantitative estimate of drug-likeness (QED) is 0.843. The number of rotatable bonds is 5. The lowest BCUT2D eigenvalue weighted by Crippen LogP contribution is -2.37. The second-order valence-corrected chi connectivity index (χ2v) is 5.45. The molecule has 0 aliphatic carbocycles. The zero-order valence-electron chi connectivity index (χ0n) is 14.0. The van der Waals surface area contributed by atoms with Crippen LogP contribution in [0.25, 0.3) is 0 Å². The van der Waals surface area contributed by atoms with Gasteiger partial charge in [0, 0.05) is 18.7 Å². The van der Waals surface area contributed by atoms with Crippen LogP contribution in [-0.2, 0) is 11.3 Å². The third kappa shape index (κ3) is 4.20. The number of nitrogens with zero attached hydrogens (tertiary/aromatic N) is 4. The topological polar surface area (TPSA) is 89.5 Å². The van der Waals surface area contributed by atoms with Crippen LogP contribution in [-0.4, -0.2) is 54.3 Å². The van der Waals surface area contributed by atoms with E-state index < -0.39 is 17.5 Å². The van der Waals surface area contributed by atoms with Crippen LogP contribution in [0.1, 0.15) is 16.2 Å². The molecule has 8 nitrogen and oxygen atoms in total. The number of benzene rings is 1. The minimum absolute atomic E-state index is 0.00155. The molecule has 0 bridgehead atoms. The molecule has 1 N–H and O–H groups in total. The Bertz CT molecular complexity index is 799. The minimum Gasteiger partial charge on any atom is -0.467 e. The van der Waals surface area contributed by atoms with Crippen LogP contribution in [0.5, 0.6) is 6.01 Å². The van der Waals surface area contributed by atoms with Gasteiger partial charge in [-0.2, -0.15) is 15.0 Å². The lowest BCUT2D eigenvalue weighted by molar-refractivity contribution is 0.0949. The molecule has 1 aromatic heterocycles. The van der Waals surface area contributed by atoms with Gasteiger partial charge in [0.05, 0.1) is 26.9 Å². The first-order valence-corrected chi connectivity index (χ1v) is 7.91. The molecule has 1 aromatic carbocycles. The number of carbonyl (C=O) groups is 1. The van der Waals surface area contributed by atoms with Gasteiger partial charge in [-0.05, 0) is 18.2 Å². The normalized spacial score (nSPS) is 14.2. The zero-order valence-corrected chi connectivity index (χ0v) is 14.0. The fourth-order valence-electron chi connectivity index (χ4n) is 2.36. The number of amides is 1. The van der Waals surface area contributed by atoms with Gasteiger partial charge in [-0.25, -0.2) is 8.78 Å². The molecule has 0 spiro atoms. The van der Waals surface area contributed by atoms with Crippen molar-refractivity contribution in [3.05, 3.63) is 41.2 Å². The smallest absolute Gasteiger partial charge is 0.321 e. The standard InChI is InChI=1S/C16H17F2N5O3/c1-25-16-21-13(20-15(22-16)23-4-6-26-7-5-23)9-19-14(24)10-2-3-11(17)12(18)8-10/h2-3,8H,4-7,9H2,1H3,(H,19,24). The Morgan fingerprint density at radius 2 is 2.00 bits per heavy atom. The highest BCUT2D eigenvalue weighted by molar-refractivity contribution is 5.94. The number of halogens is 2. The predicted octanol–water partition coefficient (Wildman–Crippen LogP) is 0.925. The molecule has 1 aliphatic heterocycles. The van der Waals surface area contributed by atoms with Gasteiger partial charge in [0.15, 0.2) is 17.5 Å². The van der Waals surface area contributed by atoms with Crippen LogP contribution in [0.3, 0.4) is 0 Å². The Labute approximate surface area is 148 Å². The fourth-order valence-corrected chi connectivity index (χ4v) is 2.36. The van der Waals surface area contributed by atoms with Crippen molar-refractivity contribution in [2.75, 3.05) is 38.3 Å². The number of hydrogen-bond acceptors (Lipinski definition) is 7. The molecule has 1 amide bonds. The van der Waals surface area contributed by atoms with Crippen molar-refractivity contribution >= 4 is 11.9 Å². The van der Waals surface area contributed by atoms with E-state index in [1.54, 1.807) is 0 Å². The average molecular weight is 365 g/mol. The van der Waals surface area contributed by atoms with Crippen molar-refractivity contribution in [1.82, 2.24) is 20.3 Å². The first-order valence-electron chi connectivity index (χ1n) is 7.91. The van der Waals surface area contributed by atoms with E-state index in [-0.39, 0.29) is 23.9 Å². The van der Waals surface area contributed by atoms with Crippen molar-refractivity contribution in [2.24, 2.45) is 0 Å². The van der Waals surface area contributed by atoms with Crippen LogP contribution in [0.15, 0.2) is 18.2 Å². The number of methoxy groups -OCH3 is 1. The number of carbonyl (C=O) groups excluding carboxylic acids is 1. The van der Waals surface area contributed by atoms with Crippen LogP contribution in [0, 0.1) is 11.6 Å². The SMILES string of the molecule is COc1nc(CNC(=O)c2ccc(F)c(F)c2)nc(N2CCOCC2)n1. The Morgan fingerprint density at radius 1 is 1.23 bits per heavy atom. The molecule has 0 radical (unpaired) electrons. The van der Waals surface area contributed by atoms with E-state index in [0.29, 0.717) is 32.3 Å². The highest BCUT2D eigenvalue weighted by Crippen LogP contribution is 2.14. The molecular weight excluding hydrogens is 348 g/mol. The van der Waals surface area contributed by atoms with Gasteiger partial charge in [-0.1, -0.05) is 0 Å². The summed E-state index contributed by atoms with van der Waals surface area (Å²) in [6.07, 6.45) is 0. The maximum absolute atomic E-state index is 13.2. The monoisotopic (exact) mass is 365 g/mol. The second kappa shape index (κ2) is 8.00. The number of anilines is 1. The van der Waals surface area contributed by atoms with E-state index >= 15 is 0 Å². The highest BCUT2D eigenvalue weighted by atomic mass is 19.2. The Hall–Kier alpha value is -2.88. The van der Waals surface area contributed by atoms with Gasteiger partial charge in [0.25, 0.3) is 5.91 Å². The minimum atomic E-state index is -1.09. The van der Waals surface area contributed by atoms with Crippen LogP contribution in [0.2, 0.25) is 0 Å². The van der Waals surface area contributed by atoms with Crippen molar-refractivity contribution in [2.45, 2.75) is 6.54 Å². The number of ether oxygens (including phenoxy) is 2. The first-order chi connectivity index (χ1) is 12.6. The molecule has 2 heterocycles. The van der Waals surface area contributed by atoms with E-state index in [9.17, 15) is 13.6 Å². The summed E-state index contributed by atoms with van der Waals surface area (Å²) >= 11 is 0. The van der Waals surface area contributed by atoms with Crippen LogP contribution in [0.4, 0.5) is 14.7 Å². The van der Waals surface area contributed by atoms with E-state index in [1.807, 2.05) is 4.90 Å². The van der Waals surface area contributed by atoms with Gasteiger partial charge < -0.3 is 19.7 Å². The van der Waals surface area contributed by atoms with Crippen LogP contribution >= 0.6 is 0 Å². The Morgan fingerprint density at radius 3 is 2.69 bits per heavy atom. The van der Waals surface area contributed by atoms with Crippen molar-refractivity contribution < 1.29 is 23.0 Å². The molecule has 10 heteroatoms. The summed E-state index contributed by atoms with van der Waals surface area (Å²) in [6, 6.07) is 3.05. The van der Waals surface area contributed by atoms with E-state index in [1.165, 1.54) is 13.2 Å². The van der Waals surface area contributed by atoms with Gasteiger partial charge in [-0.15, -0.1) is 0 Å². The van der Waals surface area contributed by atoms with E-state index in [2.05, 4.69) is 20.3 Å². The largest absolute Gasteiger partial charge is 0.467 e. The molecule has 138 valence electrons. The van der Waals surface area contributed by atoms with Crippen molar-refractivity contribution in [3.8, 4) is 6.01 Å². The third-order valence-corrected chi connectivity index (χ3v) is 3.71. The number of nitrogens with one attached hydrogen (secondary N) is 1. The molecule has 0 atom stereocenters. The highest BCUT2D eigenvalue weighted by Gasteiger charge is 2.17. The summed E-state index contributed by atoms with van der Waals surface area (Å²) in [6.45, 7) is 2.38. The molecule has 1 aliphatic rings. The molecule has 0 unspecified atom stereocenters.